The van der Waals surface area contributed by atoms with Gasteiger partial charge < -0.3 is 10.6 Å². The minimum absolute atomic E-state index is 0.664. The Hall–Kier alpha value is -1.25. The van der Waals surface area contributed by atoms with E-state index >= 15 is 0 Å². The number of nitrogens with zero attached hydrogens (tertiary/aromatic N) is 2. The highest BCUT2D eigenvalue weighted by Crippen LogP contribution is 2.29. The van der Waals surface area contributed by atoms with Gasteiger partial charge in [-0.3, -0.25) is 4.98 Å². The lowest BCUT2D eigenvalue weighted by Gasteiger charge is -2.32. The van der Waals surface area contributed by atoms with Crippen LogP contribution >= 0.6 is 0 Å². The van der Waals surface area contributed by atoms with E-state index in [4.69, 9.17) is 5.73 Å². The number of nitrogen functional groups attached to an aromatic ring is 1. The van der Waals surface area contributed by atoms with E-state index in [0.717, 1.165) is 12.2 Å². The maximum Gasteiger partial charge on any atom is 0.0576 e. The Kier molecular flexibility index (Phi) is 3.87. The molecule has 2 rings (SSSR count). The molecule has 17 heavy (non-hydrogen) atoms. The molecule has 3 nitrogen and oxygen atoms in total. The maximum atomic E-state index is 5.84. The Bertz CT molecular complexity index is 356. The predicted molar refractivity (Wildman–Crippen MR) is 73.1 cm³/mol. The minimum atomic E-state index is 0.664. The lowest BCUT2D eigenvalue weighted by molar-refractivity contribution is 0.535. The molecule has 1 aliphatic rings. The minimum Gasteiger partial charge on any atom is -0.397 e. The van der Waals surface area contributed by atoms with E-state index in [9.17, 15) is 0 Å². The topological polar surface area (TPSA) is 42.2 Å². The van der Waals surface area contributed by atoms with Crippen LogP contribution in [0.4, 0.5) is 11.4 Å². The van der Waals surface area contributed by atoms with Crippen LogP contribution in [0.5, 0.6) is 0 Å². The Morgan fingerprint density at radius 2 is 2.06 bits per heavy atom. The van der Waals surface area contributed by atoms with Gasteiger partial charge in [-0.15, -0.1) is 0 Å². The first-order chi connectivity index (χ1) is 8.16. The van der Waals surface area contributed by atoms with Gasteiger partial charge >= 0.3 is 0 Å². The van der Waals surface area contributed by atoms with Crippen molar-refractivity contribution >= 4 is 11.4 Å². The number of nitrogens with two attached hydrogens (primary N) is 1. The zero-order chi connectivity index (χ0) is 12.3. The third-order valence-corrected chi connectivity index (χ3v) is 3.40. The van der Waals surface area contributed by atoms with Crippen molar-refractivity contribution < 1.29 is 0 Å². The van der Waals surface area contributed by atoms with Crippen molar-refractivity contribution in [3.8, 4) is 0 Å². The normalized spacial score (nSPS) is 16.6. The zero-order valence-electron chi connectivity index (χ0n) is 10.9. The number of rotatable bonds is 4. The first kappa shape index (κ1) is 12.2. The molecule has 2 N–H and O–H groups in total. The summed E-state index contributed by atoms with van der Waals surface area (Å²) in [4.78, 5) is 6.72. The second-order valence-corrected chi connectivity index (χ2v) is 5.46. The van der Waals surface area contributed by atoms with E-state index < -0.39 is 0 Å². The SMILES string of the molecule is CC(C)CN(c1cncc(N)c1)C1CCCC1. The van der Waals surface area contributed by atoms with E-state index in [0.29, 0.717) is 12.0 Å². The van der Waals surface area contributed by atoms with Crippen LogP contribution in [0.2, 0.25) is 0 Å². The highest BCUT2D eigenvalue weighted by atomic mass is 15.2. The summed E-state index contributed by atoms with van der Waals surface area (Å²) < 4.78 is 0. The summed E-state index contributed by atoms with van der Waals surface area (Å²) in [5.41, 5.74) is 7.78. The van der Waals surface area contributed by atoms with Crippen molar-refractivity contribution in [1.29, 1.82) is 0 Å². The van der Waals surface area contributed by atoms with Gasteiger partial charge in [-0.05, 0) is 24.8 Å². The highest BCUT2D eigenvalue weighted by Gasteiger charge is 2.23. The third-order valence-electron chi connectivity index (χ3n) is 3.40. The molecule has 0 saturated heterocycles. The fourth-order valence-corrected chi connectivity index (χ4v) is 2.68. The summed E-state index contributed by atoms with van der Waals surface area (Å²) in [7, 11) is 0. The lowest BCUT2D eigenvalue weighted by atomic mass is 10.1. The van der Waals surface area contributed by atoms with Crippen molar-refractivity contribution in [2.75, 3.05) is 17.2 Å². The highest BCUT2D eigenvalue weighted by molar-refractivity contribution is 5.54. The molecule has 1 heterocycles. The molecular formula is C14H23N3. The van der Waals surface area contributed by atoms with Crippen molar-refractivity contribution in [1.82, 2.24) is 4.98 Å². The number of aromatic nitrogens is 1. The molecule has 0 aliphatic heterocycles. The van der Waals surface area contributed by atoms with E-state index in [-0.39, 0.29) is 0 Å². The van der Waals surface area contributed by atoms with E-state index in [2.05, 4.69) is 23.7 Å². The second kappa shape index (κ2) is 5.39. The van der Waals surface area contributed by atoms with E-state index in [1.54, 1.807) is 6.20 Å². The molecule has 1 saturated carbocycles. The molecule has 0 unspecified atom stereocenters. The Labute approximate surface area is 104 Å². The first-order valence-corrected chi connectivity index (χ1v) is 6.64. The van der Waals surface area contributed by atoms with Crippen LogP contribution in [-0.4, -0.2) is 17.6 Å². The van der Waals surface area contributed by atoms with Gasteiger partial charge in [0.2, 0.25) is 0 Å². The van der Waals surface area contributed by atoms with E-state index in [1.165, 1.54) is 31.4 Å². The standard InChI is InChI=1S/C14H23N3/c1-11(2)10-17(13-5-3-4-6-13)14-7-12(15)8-16-9-14/h7-9,11,13H,3-6,10,15H2,1-2H3. The summed E-state index contributed by atoms with van der Waals surface area (Å²) in [6.45, 7) is 5.62. The molecule has 1 aliphatic carbocycles. The van der Waals surface area contributed by atoms with Crippen LogP contribution in [0, 0.1) is 5.92 Å². The lowest BCUT2D eigenvalue weighted by Crippen LogP contribution is -2.36. The summed E-state index contributed by atoms with van der Waals surface area (Å²) in [5, 5.41) is 0. The van der Waals surface area contributed by atoms with Crippen molar-refractivity contribution in [2.45, 2.75) is 45.6 Å². The van der Waals surface area contributed by atoms with Crippen LogP contribution < -0.4 is 10.6 Å². The third kappa shape index (κ3) is 3.11. The van der Waals surface area contributed by atoms with Gasteiger partial charge in [0, 0.05) is 18.8 Å². The molecule has 0 aromatic carbocycles. The fraction of sp³-hybridized carbons (Fsp3) is 0.643. The van der Waals surface area contributed by atoms with Crippen molar-refractivity contribution in [3.05, 3.63) is 18.5 Å². The summed E-state index contributed by atoms with van der Waals surface area (Å²) >= 11 is 0. The van der Waals surface area contributed by atoms with Gasteiger partial charge in [-0.1, -0.05) is 26.7 Å². The second-order valence-electron chi connectivity index (χ2n) is 5.46. The number of hydrogen-bond donors (Lipinski definition) is 1. The van der Waals surface area contributed by atoms with Crippen LogP contribution in [0.1, 0.15) is 39.5 Å². The van der Waals surface area contributed by atoms with Gasteiger partial charge in [0.15, 0.2) is 0 Å². The van der Waals surface area contributed by atoms with Gasteiger partial charge in [0.05, 0.1) is 17.6 Å². The molecule has 1 aromatic heterocycles. The number of hydrogen-bond acceptors (Lipinski definition) is 3. The molecule has 1 fully saturated rings. The largest absolute Gasteiger partial charge is 0.397 e. The summed E-state index contributed by atoms with van der Waals surface area (Å²) in [5.74, 6) is 0.664. The quantitative estimate of drug-likeness (QED) is 0.869. The molecule has 94 valence electrons. The monoisotopic (exact) mass is 233 g/mol. The van der Waals surface area contributed by atoms with Crippen LogP contribution in [0.15, 0.2) is 18.5 Å². The number of anilines is 2. The summed E-state index contributed by atoms with van der Waals surface area (Å²) in [6.07, 6.45) is 8.98. The molecule has 0 spiro atoms. The average molecular weight is 233 g/mol. The van der Waals surface area contributed by atoms with Crippen LogP contribution in [0.25, 0.3) is 0 Å². The number of pyridine rings is 1. The first-order valence-electron chi connectivity index (χ1n) is 6.64. The van der Waals surface area contributed by atoms with Gasteiger partial charge in [0.1, 0.15) is 0 Å². The van der Waals surface area contributed by atoms with Crippen LogP contribution in [0.3, 0.4) is 0 Å². The molecule has 0 atom stereocenters. The average Bonchev–Trinajstić information content (AvgIpc) is 2.79. The van der Waals surface area contributed by atoms with Gasteiger partial charge in [0.25, 0.3) is 0 Å². The Morgan fingerprint density at radius 3 is 2.65 bits per heavy atom. The molecule has 3 heteroatoms. The van der Waals surface area contributed by atoms with Crippen LogP contribution in [-0.2, 0) is 0 Å². The zero-order valence-corrected chi connectivity index (χ0v) is 10.9. The smallest absolute Gasteiger partial charge is 0.0576 e. The predicted octanol–water partition coefficient (Wildman–Crippen LogP) is 3.07. The molecule has 0 bridgehead atoms. The molecule has 0 radical (unpaired) electrons. The summed E-state index contributed by atoms with van der Waals surface area (Å²) in [6, 6.07) is 2.73. The van der Waals surface area contributed by atoms with Gasteiger partial charge in [-0.25, -0.2) is 0 Å². The molecule has 0 amide bonds. The van der Waals surface area contributed by atoms with Crippen molar-refractivity contribution in [2.24, 2.45) is 5.92 Å². The molecular weight excluding hydrogens is 210 g/mol. The fourth-order valence-electron chi connectivity index (χ4n) is 2.68. The van der Waals surface area contributed by atoms with Gasteiger partial charge in [-0.2, -0.15) is 0 Å². The van der Waals surface area contributed by atoms with E-state index in [1.807, 2.05) is 12.3 Å². The Balaban J connectivity index is 2.19. The Morgan fingerprint density at radius 1 is 1.35 bits per heavy atom. The van der Waals surface area contributed by atoms with Crippen molar-refractivity contribution in [3.63, 3.8) is 0 Å². The maximum absolute atomic E-state index is 5.84. The molecule has 1 aromatic rings.